The molecule has 0 heterocycles. The molecule has 1 saturated carbocycles. The Morgan fingerprint density at radius 1 is 1.26 bits per heavy atom. The Kier molecular flexibility index (Phi) is 5.80. The highest BCUT2D eigenvalue weighted by molar-refractivity contribution is 5.15. The van der Waals surface area contributed by atoms with Crippen molar-refractivity contribution in [2.75, 3.05) is 20.1 Å². The molecule has 2 nitrogen and oxygen atoms in total. The fourth-order valence-corrected chi connectivity index (χ4v) is 2.30. The lowest BCUT2D eigenvalue weighted by molar-refractivity contribution is 0.316. The third-order valence-corrected chi connectivity index (χ3v) is 3.57. The van der Waals surface area contributed by atoms with Crippen LogP contribution in [0.15, 0.2) is 24.3 Å². The first kappa shape index (κ1) is 14.5. The molecule has 1 aliphatic carbocycles. The van der Waals surface area contributed by atoms with Gasteiger partial charge in [0.25, 0.3) is 0 Å². The van der Waals surface area contributed by atoms with Crippen LogP contribution in [-0.4, -0.2) is 31.1 Å². The van der Waals surface area contributed by atoms with Crippen molar-refractivity contribution in [3.05, 3.63) is 35.6 Å². The SMILES string of the molecule is CN(CCCCCNC1CC1)Cc1cccc(F)c1. The molecule has 0 saturated heterocycles. The summed E-state index contributed by atoms with van der Waals surface area (Å²) in [4.78, 5) is 2.27. The van der Waals surface area contributed by atoms with Crippen LogP contribution in [-0.2, 0) is 6.54 Å². The summed E-state index contributed by atoms with van der Waals surface area (Å²) in [5.41, 5.74) is 1.05. The lowest BCUT2D eigenvalue weighted by Gasteiger charge is -2.16. The van der Waals surface area contributed by atoms with Crippen molar-refractivity contribution in [2.24, 2.45) is 0 Å². The Balaban J connectivity index is 1.52. The van der Waals surface area contributed by atoms with Crippen LogP contribution in [0.25, 0.3) is 0 Å². The molecular formula is C16H25FN2. The fourth-order valence-electron chi connectivity index (χ4n) is 2.30. The van der Waals surface area contributed by atoms with Crippen LogP contribution >= 0.6 is 0 Å². The third-order valence-electron chi connectivity index (χ3n) is 3.57. The Labute approximate surface area is 116 Å². The lowest BCUT2D eigenvalue weighted by atomic mass is 10.2. The van der Waals surface area contributed by atoms with Gasteiger partial charge in [-0.1, -0.05) is 18.6 Å². The zero-order chi connectivity index (χ0) is 13.5. The molecule has 1 N–H and O–H groups in total. The molecule has 1 fully saturated rings. The van der Waals surface area contributed by atoms with E-state index in [0.717, 1.165) is 31.2 Å². The average Bonchev–Trinajstić information content (AvgIpc) is 3.17. The van der Waals surface area contributed by atoms with Crippen molar-refractivity contribution in [1.82, 2.24) is 10.2 Å². The van der Waals surface area contributed by atoms with E-state index in [-0.39, 0.29) is 5.82 Å². The molecule has 0 aliphatic heterocycles. The maximum Gasteiger partial charge on any atom is 0.123 e. The van der Waals surface area contributed by atoms with E-state index >= 15 is 0 Å². The second kappa shape index (κ2) is 7.61. The normalized spacial score (nSPS) is 15.1. The Morgan fingerprint density at radius 2 is 2.11 bits per heavy atom. The largest absolute Gasteiger partial charge is 0.314 e. The number of rotatable bonds is 9. The summed E-state index contributed by atoms with van der Waals surface area (Å²) in [7, 11) is 2.10. The molecule has 0 aromatic heterocycles. The molecule has 0 atom stereocenters. The Morgan fingerprint density at radius 3 is 2.84 bits per heavy atom. The highest BCUT2D eigenvalue weighted by Gasteiger charge is 2.19. The van der Waals surface area contributed by atoms with Crippen molar-refractivity contribution in [3.8, 4) is 0 Å². The molecule has 0 amide bonds. The molecule has 0 spiro atoms. The van der Waals surface area contributed by atoms with Gasteiger partial charge in [0.2, 0.25) is 0 Å². The smallest absolute Gasteiger partial charge is 0.123 e. The highest BCUT2D eigenvalue weighted by Crippen LogP contribution is 2.18. The first-order valence-electron chi connectivity index (χ1n) is 7.40. The zero-order valence-corrected chi connectivity index (χ0v) is 11.9. The van der Waals surface area contributed by atoms with Crippen LogP contribution in [0, 0.1) is 5.82 Å². The average molecular weight is 264 g/mol. The maximum atomic E-state index is 13.1. The van der Waals surface area contributed by atoms with Gasteiger partial charge in [0.15, 0.2) is 0 Å². The van der Waals surface area contributed by atoms with Crippen molar-refractivity contribution in [1.29, 1.82) is 0 Å². The summed E-state index contributed by atoms with van der Waals surface area (Å²) in [6.07, 6.45) is 6.50. The van der Waals surface area contributed by atoms with Gasteiger partial charge in [-0.3, -0.25) is 0 Å². The van der Waals surface area contributed by atoms with E-state index in [9.17, 15) is 4.39 Å². The zero-order valence-electron chi connectivity index (χ0n) is 11.9. The molecule has 3 heteroatoms. The summed E-state index contributed by atoms with van der Waals surface area (Å²) in [5.74, 6) is -0.142. The van der Waals surface area contributed by atoms with Crippen LogP contribution in [0.2, 0.25) is 0 Å². The maximum absolute atomic E-state index is 13.1. The molecule has 1 aromatic carbocycles. The number of benzene rings is 1. The van der Waals surface area contributed by atoms with E-state index in [2.05, 4.69) is 17.3 Å². The van der Waals surface area contributed by atoms with Gasteiger partial charge in [0.05, 0.1) is 0 Å². The van der Waals surface area contributed by atoms with Gasteiger partial charge >= 0.3 is 0 Å². The predicted molar refractivity (Wildman–Crippen MR) is 77.6 cm³/mol. The highest BCUT2D eigenvalue weighted by atomic mass is 19.1. The van der Waals surface area contributed by atoms with Crippen molar-refractivity contribution in [2.45, 2.75) is 44.7 Å². The first-order valence-corrected chi connectivity index (χ1v) is 7.40. The topological polar surface area (TPSA) is 15.3 Å². The summed E-state index contributed by atoms with van der Waals surface area (Å²) in [5, 5.41) is 3.54. The molecular weight excluding hydrogens is 239 g/mol. The van der Waals surface area contributed by atoms with Crippen molar-refractivity contribution < 1.29 is 4.39 Å². The van der Waals surface area contributed by atoms with Gasteiger partial charge in [-0.25, -0.2) is 4.39 Å². The molecule has 2 rings (SSSR count). The van der Waals surface area contributed by atoms with E-state index in [0.29, 0.717) is 0 Å². The molecule has 106 valence electrons. The lowest BCUT2D eigenvalue weighted by Crippen LogP contribution is -2.20. The van der Waals surface area contributed by atoms with Crippen LogP contribution in [0.3, 0.4) is 0 Å². The monoisotopic (exact) mass is 264 g/mol. The number of nitrogens with one attached hydrogen (secondary N) is 1. The van der Waals surface area contributed by atoms with Crippen LogP contribution in [0.5, 0.6) is 0 Å². The first-order chi connectivity index (χ1) is 9.24. The summed E-state index contributed by atoms with van der Waals surface area (Å²) < 4.78 is 13.1. The minimum atomic E-state index is -0.142. The van der Waals surface area contributed by atoms with Gasteiger partial charge in [0, 0.05) is 12.6 Å². The minimum Gasteiger partial charge on any atom is -0.314 e. The quantitative estimate of drug-likeness (QED) is 0.689. The molecule has 1 aliphatic rings. The van der Waals surface area contributed by atoms with Crippen molar-refractivity contribution in [3.63, 3.8) is 0 Å². The van der Waals surface area contributed by atoms with E-state index in [1.165, 1.54) is 38.2 Å². The summed E-state index contributed by atoms with van der Waals surface area (Å²) >= 11 is 0. The Hall–Kier alpha value is -0.930. The predicted octanol–water partition coefficient (Wildman–Crippen LogP) is 3.18. The van der Waals surface area contributed by atoms with Gasteiger partial charge in [-0.15, -0.1) is 0 Å². The Bertz CT molecular complexity index is 377. The number of halogens is 1. The van der Waals surface area contributed by atoms with Crippen molar-refractivity contribution >= 4 is 0 Å². The second-order valence-electron chi connectivity index (χ2n) is 5.66. The number of hydrogen-bond acceptors (Lipinski definition) is 2. The molecule has 0 bridgehead atoms. The minimum absolute atomic E-state index is 0.142. The summed E-state index contributed by atoms with van der Waals surface area (Å²) in [6, 6.07) is 7.71. The standard InChI is InChI=1S/C16H25FN2/c1-19(13-14-6-5-7-15(17)12-14)11-4-2-3-10-18-16-8-9-16/h5-7,12,16,18H,2-4,8-11,13H2,1H3. The van der Waals surface area contributed by atoms with E-state index < -0.39 is 0 Å². The second-order valence-corrected chi connectivity index (χ2v) is 5.66. The molecule has 19 heavy (non-hydrogen) atoms. The molecule has 0 radical (unpaired) electrons. The van der Waals surface area contributed by atoms with E-state index in [4.69, 9.17) is 0 Å². The van der Waals surface area contributed by atoms with Crippen LogP contribution in [0.1, 0.15) is 37.7 Å². The number of unbranched alkanes of at least 4 members (excludes halogenated alkanes) is 2. The van der Waals surface area contributed by atoms with E-state index in [1.807, 2.05) is 6.07 Å². The molecule has 0 unspecified atom stereocenters. The van der Waals surface area contributed by atoms with Crippen LogP contribution in [0.4, 0.5) is 4.39 Å². The summed E-state index contributed by atoms with van der Waals surface area (Å²) in [6.45, 7) is 3.08. The third kappa shape index (κ3) is 6.17. The van der Waals surface area contributed by atoms with Gasteiger partial charge in [-0.2, -0.15) is 0 Å². The van der Waals surface area contributed by atoms with Gasteiger partial charge in [-0.05, 0) is 63.5 Å². The molecule has 1 aromatic rings. The van der Waals surface area contributed by atoms with E-state index in [1.54, 1.807) is 12.1 Å². The van der Waals surface area contributed by atoms with Crippen LogP contribution < -0.4 is 5.32 Å². The number of nitrogens with zero attached hydrogens (tertiary/aromatic N) is 1. The van der Waals surface area contributed by atoms with Gasteiger partial charge < -0.3 is 10.2 Å². The van der Waals surface area contributed by atoms with Gasteiger partial charge in [0.1, 0.15) is 5.82 Å². The fraction of sp³-hybridized carbons (Fsp3) is 0.625. The number of hydrogen-bond donors (Lipinski definition) is 1.